The molecule has 10 heteroatoms. The monoisotopic (exact) mass is 413 g/mol. The van der Waals surface area contributed by atoms with Gasteiger partial charge in [0.25, 0.3) is 0 Å². The van der Waals surface area contributed by atoms with Gasteiger partial charge in [-0.25, -0.2) is 18.0 Å². The second kappa shape index (κ2) is 9.09. The molecule has 6 nitrogen and oxygen atoms in total. The van der Waals surface area contributed by atoms with Gasteiger partial charge in [0.2, 0.25) is 11.6 Å². The summed E-state index contributed by atoms with van der Waals surface area (Å²) in [4.78, 5) is 24.4. The van der Waals surface area contributed by atoms with Crippen molar-refractivity contribution in [2.45, 2.75) is 6.92 Å². The minimum absolute atomic E-state index is 0.0753. The van der Waals surface area contributed by atoms with E-state index in [0.717, 1.165) is 0 Å². The number of phenolic OH excluding ortho intramolecular Hbond substituents is 1. The van der Waals surface area contributed by atoms with Gasteiger partial charge in [0.15, 0.2) is 23.2 Å². The third-order valence-corrected chi connectivity index (χ3v) is 3.63. The van der Waals surface area contributed by atoms with Gasteiger partial charge in [0, 0.05) is 11.8 Å². The fourth-order valence-electron chi connectivity index (χ4n) is 2.23. The van der Waals surface area contributed by atoms with Crippen molar-refractivity contribution in [2.75, 3.05) is 19.0 Å². The van der Waals surface area contributed by atoms with Gasteiger partial charge in [0.05, 0.1) is 13.7 Å². The van der Waals surface area contributed by atoms with Gasteiger partial charge in [0.1, 0.15) is 17.0 Å². The van der Waals surface area contributed by atoms with E-state index in [1.165, 1.54) is 38.3 Å². The van der Waals surface area contributed by atoms with E-state index in [9.17, 15) is 32.3 Å². The molecule has 0 atom stereocenters. The van der Waals surface area contributed by atoms with Crippen molar-refractivity contribution in [3.8, 4) is 11.5 Å². The fraction of sp³-hybridized carbons (Fsp3) is 0.158. The number of allylic oxidation sites excluding steroid dienone is 1. The lowest BCUT2D eigenvalue weighted by Crippen LogP contribution is -2.17. The second-order valence-corrected chi connectivity index (χ2v) is 5.48. The van der Waals surface area contributed by atoms with Gasteiger partial charge in [-0.15, -0.1) is 0 Å². The first-order valence-electron chi connectivity index (χ1n) is 8.10. The summed E-state index contributed by atoms with van der Waals surface area (Å²) in [6.45, 7) is 1.41. The Balaban J connectivity index is 2.48. The second-order valence-electron chi connectivity index (χ2n) is 5.48. The van der Waals surface area contributed by atoms with Gasteiger partial charge in [-0.05, 0) is 31.2 Å². The predicted octanol–water partition coefficient (Wildman–Crippen LogP) is 3.70. The van der Waals surface area contributed by atoms with E-state index < -0.39 is 52.0 Å². The number of ether oxygens (including phenoxy) is 2. The molecule has 0 saturated carbocycles. The highest BCUT2D eigenvalue weighted by molar-refractivity contribution is 6.11. The first-order chi connectivity index (χ1) is 13.7. The van der Waals surface area contributed by atoms with Crippen LogP contribution in [-0.4, -0.2) is 30.6 Å². The van der Waals surface area contributed by atoms with Crippen molar-refractivity contribution in [3.05, 3.63) is 64.9 Å². The zero-order valence-corrected chi connectivity index (χ0v) is 15.2. The van der Waals surface area contributed by atoms with Crippen LogP contribution in [-0.2, 0) is 9.53 Å². The smallest absolute Gasteiger partial charge is 0.354 e. The SMILES string of the molecule is CCOC(=O)C(=CC(=O)c1c(O)c(F)c(F)c(F)c1F)Nc1ccc(OC)cc1. The number of hydrogen-bond acceptors (Lipinski definition) is 6. The predicted molar refractivity (Wildman–Crippen MR) is 93.6 cm³/mol. The van der Waals surface area contributed by atoms with E-state index in [4.69, 9.17) is 9.47 Å². The van der Waals surface area contributed by atoms with Crippen LogP contribution in [0.1, 0.15) is 17.3 Å². The summed E-state index contributed by atoms with van der Waals surface area (Å²) in [6, 6.07) is 6.02. The highest BCUT2D eigenvalue weighted by Gasteiger charge is 2.29. The number of phenols is 1. The highest BCUT2D eigenvalue weighted by Crippen LogP contribution is 2.30. The molecule has 0 bridgehead atoms. The van der Waals surface area contributed by atoms with Crippen molar-refractivity contribution < 1.29 is 41.7 Å². The Morgan fingerprint density at radius 3 is 2.17 bits per heavy atom. The number of halogens is 4. The van der Waals surface area contributed by atoms with E-state index >= 15 is 0 Å². The van der Waals surface area contributed by atoms with Gasteiger partial charge in [-0.2, -0.15) is 4.39 Å². The van der Waals surface area contributed by atoms with Crippen LogP contribution in [0, 0.1) is 23.3 Å². The number of methoxy groups -OCH3 is 1. The Labute approximate surface area is 162 Å². The molecule has 2 aromatic carbocycles. The number of nitrogens with one attached hydrogen (secondary N) is 1. The zero-order chi connectivity index (χ0) is 21.7. The topological polar surface area (TPSA) is 84.9 Å². The van der Waals surface area contributed by atoms with E-state index in [1.807, 2.05) is 0 Å². The van der Waals surface area contributed by atoms with Crippen LogP contribution in [0.15, 0.2) is 36.0 Å². The summed E-state index contributed by atoms with van der Waals surface area (Å²) in [5.41, 5.74) is -1.70. The van der Waals surface area contributed by atoms with E-state index in [2.05, 4.69) is 5.32 Å². The standard InChI is InChI=1S/C19H15F4NO5/c1-3-29-19(27)11(24-9-4-6-10(28-2)7-5-9)8-12(25)13-14(20)15(21)16(22)17(23)18(13)26/h4-8,24,26H,3H2,1-2H3. The van der Waals surface area contributed by atoms with E-state index in [0.29, 0.717) is 17.5 Å². The normalized spacial score (nSPS) is 11.2. The summed E-state index contributed by atoms with van der Waals surface area (Å²) in [5.74, 6) is -12.6. The summed E-state index contributed by atoms with van der Waals surface area (Å²) >= 11 is 0. The molecule has 0 aliphatic carbocycles. The van der Waals surface area contributed by atoms with Crippen LogP contribution in [0.3, 0.4) is 0 Å². The molecule has 0 aliphatic heterocycles. The zero-order valence-electron chi connectivity index (χ0n) is 15.2. The van der Waals surface area contributed by atoms with Crippen LogP contribution in [0.4, 0.5) is 23.2 Å². The van der Waals surface area contributed by atoms with Gasteiger partial charge < -0.3 is 19.9 Å². The summed E-state index contributed by atoms with van der Waals surface area (Å²) in [7, 11) is 1.44. The van der Waals surface area contributed by atoms with Gasteiger partial charge in [-0.3, -0.25) is 4.79 Å². The molecule has 0 unspecified atom stereocenters. The van der Waals surface area contributed by atoms with E-state index in [-0.39, 0.29) is 6.61 Å². The van der Waals surface area contributed by atoms with Crippen LogP contribution in [0.25, 0.3) is 0 Å². The maximum Gasteiger partial charge on any atom is 0.354 e. The molecule has 154 valence electrons. The number of carbonyl (C=O) groups excluding carboxylic acids is 2. The highest BCUT2D eigenvalue weighted by atomic mass is 19.2. The summed E-state index contributed by atoms with van der Waals surface area (Å²) in [5, 5.41) is 12.1. The quantitative estimate of drug-likeness (QED) is 0.180. The molecule has 0 saturated heterocycles. The molecule has 29 heavy (non-hydrogen) atoms. The summed E-state index contributed by atoms with van der Waals surface area (Å²) < 4.78 is 63.8. The number of benzene rings is 2. The third-order valence-electron chi connectivity index (χ3n) is 3.63. The first-order valence-corrected chi connectivity index (χ1v) is 8.10. The third kappa shape index (κ3) is 4.65. The number of anilines is 1. The van der Waals surface area contributed by atoms with Crippen molar-refractivity contribution in [3.63, 3.8) is 0 Å². The average Bonchev–Trinajstić information content (AvgIpc) is 2.71. The van der Waals surface area contributed by atoms with Crippen molar-refractivity contribution in [1.29, 1.82) is 0 Å². The minimum atomic E-state index is -2.28. The molecule has 0 aliphatic rings. The maximum absolute atomic E-state index is 13.9. The molecule has 2 aromatic rings. The average molecular weight is 413 g/mol. The minimum Gasteiger partial charge on any atom is -0.504 e. The van der Waals surface area contributed by atoms with Gasteiger partial charge in [-0.1, -0.05) is 0 Å². The Morgan fingerprint density at radius 1 is 1.03 bits per heavy atom. The molecule has 0 fully saturated rings. The molecule has 0 heterocycles. The number of hydrogen-bond donors (Lipinski definition) is 2. The lowest BCUT2D eigenvalue weighted by molar-refractivity contribution is -0.138. The van der Waals surface area contributed by atoms with Crippen molar-refractivity contribution in [1.82, 2.24) is 0 Å². The largest absolute Gasteiger partial charge is 0.504 e. The number of carbonyl (C=O) groups is 2. The Morgan fingerprint density at radius 2 is 1.62 bits per heavy atom. The van der Waals surface area contributed by atoms with Crippen molar-refractivity contribution in [2.24, 2.45) is 0 Å². The number of aromatic hydroxyl groups is 1. The Hall–Kier alpha value is -3.56. The Bertz CT molecular complexity index is 945. The van der Waals surface area contributed by atoms with E-state index in [1.54, 1.807) is 0 Å². The van der Waals surface area contributed by atoms with Crippen LogP contribution < -0.4 is 10.1 Å². The molecular weight excluding hydrogens is 398 g/mol. The first kappa shape index (κ1) is 21.7. The molecular formula is C19H15F4NO5. The lowest BCUT2D eigenvalue weighted by atomic mass is 10.1. The van der Waals surface area contributed by atoms with Crippen LogP contribution in [0.2, 0.25) is 0 Å². The fourth-order valence-corrected chi connectivity index (χ4v) is 2.23. The van der Waals surface area contributed by atoms with Crippen LogP contribution in [0.5, 0.6) is 11.5 Å². The number of esters is 1. The number of rotatable bonds is 7. The van der Waals surface area contributed by atoms with Crippen LogP contribution >= 0.6 is 0 Å². The van der Waals surface area contributed by atoms with Gasteiger partial charge >= 0.3 is 5.97 Å². The molecule has 0 spiro atoms. The molecule has 2 N–H and O–H groups in total. The molecule has 2 rings (SSSR count). The molecule has 0 radical (unpaired) electrons. The lowest BCUT2D eigenvalue weighted by Gasteiger charge is -2.11. The Kier molecular flexibility index (Phi) is 6.81. The summed E-state index contributed by atoms with van der Waals surface area (Å²) in [6.07, 6.45) is 0.469. The molecule has 0 amide bonds. The maximum atomic E-state index is 13.9. The van der Waals surface area contributed by atoms with Crippen molar-refractivity contribution >= 4 is 17.4 Å². The number of ketones is 1. The molecule has 0 aromatic heterocycles.